The highest BCUT2D eigenvalue weighted by molar-refractivity contribution is 7.92. The molecule has 8 rings (SSSR count). The molecular weight excluding hydrogens is 958 g/mol. The van der Waals surface area contributed by atoms with Crippen molar-refractivity contribution >= 4 is 50.3 Å². The fraction of sp³-hybridized carbons (Fsp3) is 0.439. The minimum absolute atomic E-state index is 0.0518. The second-order valence-electron chi connectivity index (χ2n) is 16.3. The summed E-state index contributed by atoms with van der Waals surface area (Å²) in [5.74, 6) is -10.6. The van der Waals surface area contributed by atoms with Crippen LogP contribution in [0.3, 0.4) is 0 Å². The van der Waals surface area contributed by atoms with Gasteiger partial charge in [0, 0.05) is 54.0 Å². The number of aryl methyl sites for hydroxylation is 1. The van der Waals surface area contributed by atoms with Gasteiger partial charge in [-0.2, -0.15) is 49.6 Å². The summed E-state index contributed by atoms with van der Waals surface area (Å²) >= 11 is 6.62. The van der Waals surface area contributed by atoms with Gasteiger partial charge < -0.3 is 14.8 Å². The standard InChI is InChI=1S/C41H37ClF10N8O6S/c1-20-3-4-24(25-5-6-28(42)32-34(25)59(19-39(45,46)47)56-37(32)60(67(2,63)64)38(62)66-12-9-57-7-10-65-11-8-57)33(53-20)29(15-21-13-22(43)16-23(44)14-21)54-30(61)18-58-36-31(35(55-58)41(50,51)52)26-17-27(26)40(36,48)49/h3-6,13-14,16,26-27,29H,7-12,15,17-19H2,1-2H3,(H,54,61)/t26?,27-,29+/m1/s1. The highest BCUT2D eigenvalue weighted by atomic mass is 35.5. The number of nitrogens with one attached hydrogen (secondary N) is 1. The molecule has 0 spiro atoms. The second kappa shape index (κ2) is 17.5. The van der Waals surface area contributed by atoms with Gasteiger partial charge in [0.25, 0.3) is 5.92 Å². The van der Waals surface area contributed by atoms with Crippen LogP contribution in [0.2, 0.25) is 5.02 Å². The number of halogens is 11. The van der Waals surface area contributed by atoms with Crippen molar-refractivity contribution in [2.24, 2.45) is 5.92 Å². The van der Waals surface area contributed by atoms with Crippen molar-refractivity contribution in [3.63, 3.8) is 0 Å². The predicted molar refractivity (Wildman–Crippen MR) is 218 cm³/mol. The van der Waals surface area contributed by atoms with Crippen molar-refractivity contribution in [3.8, 4) is 11.1 Å². The number of amides is 2. The molecule has 67 heavy (non-hydrogen) atoms. The van der Waals surface area contributed by atoms with E-state index in [0.29, 0.717) is 43.3 Å². The van der Waals surface area contributed by atoms with E-state index in [-0.39, 0.29) is 56.6 Å². The zero-order chi connectivity index (χ0) is 48.5. The molecule has 360 valence electrons. The lowest BCUT2D eigenvalue weighted by Gasteiger charge is -2.26. The monoisotopic (exact) mass is 994 g/mol. The Morgan fingerprint density at radius 2 is 1.67 bits per heavy atom. The molecule has 3 aromatic heterocycles. The van der Waals surface area contributed by atoms with Crippen molar-refractivity contribution in [2.45, 2.75) is 63.1 Å². The van der Waals surface area contributed by atoms with Crippen molar-refractivity contribution in [1.82, 2.24) is 34.8 Å². The van der Waals surface area contributed by atoms with Gasteiger partial charge in [0.1, 0.15) is 37.0 Å². The zero-order valence-electron chi connectivity index (χ0n) is 35.0. The normalized spacial score (nSPS) is 18.7. The first-order valence-electron chi connectivity index (χ1n) is 20.3. The highest BCUT2D eigenvalue weighted by Gasteiger charge is 2.68. The van der Waals surface area contributed by atoms with E-state index in [4.69, 9.17) is 21.1 Å². The molecule has 2 aromatic carbocycles. The summed E-state index contributed by atoms with van der Waals surface area (Å²) < 4.78 is 183. The number of ether oxygens (including phenoxy) is 2. The quantitative estimate of drug-likeness (QED) is 0.116. The van der Waals surface area contributed by atoms with Gasteiger partial charge in [0.05, 0.1) is 47.1 Å². The third kappa shape index (κ3) is 9.77. The van der Waals surface area contributed by atoms with Crippen LogP contribution in [0.1, 0.15) is 52.3 Å². The number of nitrogens with zero attached hydrogens (tertiary/aromatic N) is 7. The number of hydrogen-bond donors (Lipinski definition) is 1. The number of sulfonamides is 1. The average Bonchev–Trinajstić information content (AvgIpc) is 3.73. The lowest BCUT2D eigenvalue weighted by Crippen LogP contribution is -2.41. The molecule has 1 saturated carbocycles. The SMILES string of the molecule is Cc1ccc(-c2ccc(Cl)c3c(N(C(=O)OCCN4CCOCC4)S(C)(=O)=O)nn(CC(F)(F)F)c23)c([C@H](Cc2cc(F)cc(F)c2)NC(=O)Cn2nc(C(F)(F)F)c3c2C(F)(F)[C@@H]2CC32)n1. The maximum atomic E-state index is 15.4. The number of fused-ring (bicyclic) bond motifs is 4. The van der Waals surface area contributed by atoms with E-state index in [2.05, 4.69) is 20.5 Å². The van der Waals surface area contributed by atoms with Crippen LogP contribution in [0, 0.1) is 24.5 Å². The minimum atomic E-state index is -5.16. The maximum Gasteiger partial charge on any atom is 0.435 e. The topological polar surface area (TPSA) is 154 Å². The molecule has 0 bridgehead atoms. The molecular formula is C41H37ClF10N8O6S. The van der Waals surface area contributed by atoms with Crippen molar-refractivity contribution < 1.29 is 71.4 Å². The van der Waals surface area contributed by atoms with Crippen LogP contribution in [-0.2, 0) is 55.9 Å². The number of pyridine rings is 1. The highest BCUT2D eigenvalue weighted by Crippen LogP contribution is 2.68. The van der Waals surface area contributed by atoms with Crippen LogP contribution in [0.4, 0.5) is 54.5 Å². The van der Waals surface area contributed by atoms with Crippen LogP contribution in [0.5, 0.6) is 0 Å². The first kappa shape index (κ1) is 47.9. The molecule has 2 aliphatic carbocycles. The number of carbonyl (C=O) groups is 2. The molecule has 14 nitrogen and oxygen atoms in total. The molecule has 26 heteroatoms. The third-order valence-corrected chi connectivity index (χ3v) is 12.8. The van der Waals surface area contributed by atoms with Crippen molar-refractivity contribution in [3.05, 3.63) is 93.0 Å². The number of aromatic nitrogens is 5. The molecule has 2 fully saturated rings. The Bertz CT molecular complexity index is 2870. The molecule has 1 unspecified atom stereocenters. The number of alkyl halides is 8. The molecule has 1 N–H and O–H groups in total. The number of morpholine rings is 1. The predicted octanol–water partition coefficient (Wildman–Crippen LogP) is 7.66. The van der Waals surface area contributed by atoms with E-state index < -0.39 is 128 Å². The van der Waals surface area contributed by atoms with Gasteiger partial charge in [-0.25, -0.2) is 22.0 Å². The fourth-order valence-corrected chi connectivity index (χ4v) is 9.65. The summed E-state index contributed by atoms with van der Waals surface area (Å²) in [7, 11) is -4.74. The summed E-state index contributed by atoms with van der Waals surface area (Å²) in [4.78, 5) is 33.9. The van der Waals surface area contributed by atoms with Crippen LogP contribution in [0.15, 0.2) is 42.5 Å². The molecule has 5 aromatic rings. The van der Waals surface area contributed by atoms with Crippen LogP contribution < -0.4 is 9.62 Å². The molecule has 1 saturated heterocycles. The number of anilines is 1. The molecule has 0 radical (unpaired) electrons. The Hall–Kier alpha value is -5.53. The summed E-state index contributed by atoms with van der Waals surface area (Å²) in [6.07, 6.45) is -11.9. The Labute approximate surface area is 378 Å². The molecule has 1 aliphatic heterocycles. The van der Waals surface area contributed by atoms with Crippen LogP contribution in [-0.4, -0.2) is 102 Å². The Morgan fingerprint density at radius 3 is 2.31 bits per heavy atom. The molecule has 3 atom stereocenters. The van der Waals surface area contributed by atoms with E-state index in [9.17, 15) is 53.1 Å². The summed E-state index contributed by atoms with van der Waals surface area (Å²) in [5, 5.41) is 8.94. The Kier molecular flexibility index (Phi) is 12.5. The van der Waals surface area contributed by atoms with Crippen LogP contribution in [0.25, 0.3) is 22.0 Å². The fourth-order valence-electron chi connectivity index (χ4n) is 8.65. The maximum absolute atomic E-state index is 15.4. The lowest BCUT2D eigenvalue weighted by molar-refractivity contribution is -0.143. The van der Waals surface area contributed by atoms with E-state index in [1.54, 1.807) is 0 Å². The van der Waals surface area contributed by atoms with Crippen molar-refractivity contribution in [2.75, 3.05) is 50.0 Å². The third-order valence-electron chi connectivity index (χ3n) is 11.5. The Morgan fingerprint density at radius 1 is 1.00 bits per heavy atom. The summed E-state index contributed by atoms with van der Waals surface area (Å²) in [6, 6.07) is 5.78. The smallest absolute Gasteiger partial charge is 0.435 e. The van der Waals surface area contributed by atoms with E-state index in [0.717, 1.165) is 18.2 Å². The van der Waals surface area contributed by atoms with E-state index >= 15 is 8.78 Å². The largest absolute Gasteiger partial charge is 0.447 e. The number of carbonyl (C=O) groups excluding carboxylic acids is 2. The van der Waals surface area contributed by atoms with Crippen LogP contribution >= 0.6 is 11.6 Å². The Balaban J connectivity index is 1.24. The number of rotatable bonds is 13. The molecule has 2 amide bonds. The average molecular weight is 995 g/mol. The summed E-state index contributed by atoms with van der Waals surface area (Å²) in [6.45, 7) is -0.0924. The van der Waals surface area contributed by atoms with Gasteiger partial charge >= 0.3 is 18.4 Å². The first-order chi connectivity index (χ1) is 31.3. The first-order valence-corrected chi connectivity index (χ1v) is 22.6. The van der Waals surface area contributed by atoms with Gasteiger partial charge in [0.15, 0.2) is 11.5 Å². The van der Waals surface area contributed by atoms with Gasteiger partial charge in [-0.05, 0) is 55.5 Å². The minimum Gasteiger partial charge on any atom is -0.447 e. The lowest BCUT2D eigenvalue weighted by atomic mass is 9.93. The van der Waals surface area contributed by atoms with Gasteiger partial charge in [-0.3, -0.25) is 24.0 Å². The molecule has 4 heterocycles. The zero-order valence-corrected chi connectivity index (χ0v) is 36.6. The van der Waals surface area contributed by atoms with Gasteiger partial charge in [-0.15, -0.1) is 0 Å². The molecule has 3 aliphatic rings. The van der Waals surface area contributed by atoms with Gasteiger partial charge in [-0.1, -0.05) is 23.7 Å². The number of hydrogen-bond acceptors (Lipinski definition) is 10. The van der Waals surface area contributed by atoms with Gasteiger partial charge in [0.2, 0.25) is 15.9 Å². The van der Waals surface area contributed by atoms with E-state index in [1.165, 1.54) is 25.1 Å². The summed E-state index contributed by atoms with van der Waals surface area (Å²) in [5.41, 5.74) is -4.43. The number of benzene rings is 2. The second-order valence-corrected chi connectivity index (χ2v) is 18.6. The van der Waals surface area contributed by atoms with Crippen molar-refractivity contribution in [1.29, 1.82) is 0 Å². The van der Waals surface area contributed by atoms with E-state index in [1.807, 2.05) is 4.90 Å².